The van der Waals surface area contributed by atoms with Crippen molar-refractivity contribution in [2.24, 2.45) is 0 Å². The van der Waals surface area contributed by atoms with Crippen LogP contribution in [0, 0.1) is 0 Å². The second-order valence-corrected chi connectivity index (χ2v) is 16.2. The number of fused-ring (bicyclic) bond motifs is 1. The first-order chi connectivity index (χ1) is 23.4. The number of nitrogens with one attached hydrogen (secondary N) is 2. The van der Waals surface area contributed by atoms with Crippen LogP contribution in [-0.4, -0.2) is 110 Å². The van der Waals surface area contributed by atoms with Gasteiger partial charge in [-0.15, -0.1) is 6.58 Å². The van der Waals surface area contributed by atoms with Crippen molar-refractivity contribution in [2.75, 3.05) is 36.5 Å². The Balaban J connectivity index is 1.48. The van der Waals surface area contributed by atoms with Crippen molar-refractivity contribution in [2.45, 2.75) is 71.2 Å². The molecule has 0 aliphatic carbocycles. The SMILES string of the molecule is C=CCNOP(OC1[C@@H](C)O[C@@H](n2cnc3c(NC(=O)c4ccccc4)ncnc32)[C@H]1OC(=S)N1CCS(=O)(=O)CC1)N(C(C)C)C(C)C. The largest absolute Gasteiger partial charge is 0.460 e. The summed E-state index contributed by atoms with van der Waals surface area (Å²) in [7, 11) is -4.85. The van der Waals surface area contributed by atoms with E-state index in [9.17, 15) is 13.2 Å². The molecule has 2 unspecified atom stereocenters. The summed E-state index contributed by atoms with van der Waals surface area (Å²) in [5.41, 5.74) is 4.13. The predicted octanol–water partition coefficient (Wildman–Crippen LogP) is 3.83. The Bertz CT molecular complexity index is 1710. The molecule has 5 atom stereocenters. The van der Waals surface area contributed by atoms with E-state index >= 15 is 0 Å². The van der Waals surface area contributed by atoms with E-state index in [1.807, 2.05) is 13.0 Å². The number of ether oxygens (including phenoxy) is 2. The smallest absolute Gasteiger partial charge is 0.277 e. The predicted molar refractivity (Wildman–Crippen MR) is 190 cm³/mol. The standard InChI is InChI=1S/C31H43N8O7PS2/c1-7-13-35-46-47(39(20(2)3)21(4)5)45-25-22(6)43-30(26(25)44-31(48)37-14-16-49(41,42)17-15-37)38-19-34-24-27(32-18-33-28(24)38)36-29(40)23-11-9-8-10-12-23/h7-12,18-22,25-26,30,35H,1,13-17H2,2-6H3,(H,32,33,36,40)/t22-,25?,26+,30-,47?/m1/s1. The normalized spacial score (nSPS) is 22.9. The van der Waals surface area contributed by atoms with Crippen molar-refractivity contribution in [3.63, 3.8) is 0 Å². The lowest BCUT2D eigenvalue weighted by Crippen LogP contribution is -2.47. The maximum Gasteiger partial charge on any atom is 0.277 e. The molecular weight excluding hydrogens is 691 g/mol. The third-order valence-electron chi connectivity index (χ3n) is 7.99. The fourth-order valence-corrected chi connectivity index (χ4v) is 8.82. The van der Waals surface area contributed by atoms with Gasteiger partial charge in [0.2, 0.25) is 0 Å². The van der Waals surface area contributed by atoms with Gasteiger partial charge in [-0.2, -0.15) is 5.48 Å². The number of anilines is 1. The van der Waals surface area contributed by atoms with Gasteiger partial charge in [-0.05, 0) is 59.0 Å². The van der Waals surface area contributed by atoms with Crippen LogP contribution < -0.4 is 10.8 Å². The average molecular weight is 735 g/mol. The number of carbonyl (C=O) groups is 1. The maximum absolute atomic E-state index is 13.0. The van der Waals surface area contributed by atoms with E-state index in [-0.39, 0.29) is 53.6 Å². The molecule has 5 rings (SSSR count). The average Bonchev–Trinajstić information content (AvgIpc) is 3.62. The molecular formula is C31H43N8O7PS2. The third-order valence-corrected chi connectivity index (χ3v) is 12.0. The van der Waals surface area contributed by atoms with Gasteiger partial charge in [0, 0.05) is 37.3 Å². The summed E-state index contributed by atoms with van der Waals surface area (Å²) in [6.45, 7) is 14.7. The van der Waals surface area contributed by atoms with Gasteiger partial charge in [-0.1, -0.05) is 24.3 Å². The van der Waals surface area contributed by atoms with Crippen LogP contribution in [0.15, 0.2) is 55.6 Å². The van der Waals surface area contributed by atoms with Crippen LogP contribution in [0.5, 0.6) is 0 Å². The zero-order valence-electron chi connectivity index (χ0n) is 28.1. The third kappa shape index (κ3) is 8.78. The van der Waals surface area contributed by atoms with Gasteiger partial charge in [0.1, 0.15) is 12.4 Å². The van der Waals surface area contributed by atoms with E-state index < -0.39 is 42.9 Å². The maximum atomic E-state index is 13.0. The zero-order valence-corrected chi connectivity index (χ0v) is 30.7. The van der Waals surface area contributed by atoms with Crippen molar-refractivity contribution < 1.29 is 31.8 Å². The summed E-state index contributed by atoms with van der Waals surface area (Å²) in [5, 5.41) is 2.96. The molecule has 2 N–H and O–H groups in total. The molecule has 1 aromatic carbocycles. The van der Waals surface area contributed by atoms with Crippen molar-refractivity contribution in [3.8, 4) is 0 Å². The minimum absolute atomic E-state index is 0.0240. The first-order valence-corrected chi connectivity index (χ1v) is 19.4. The highest BCUT2D eigenvalue weighted by atomic mass is 32.2. The van der Waals surface area contributed by atoms with Gasteiger partial charge in [0.15, 0.2) is 39.2 Å². The van der Waals surface area contributed by atoms with E-state index in [1.165, 1.54) is 6.33 Å². The number of hydroxylamine groups is 1. The number of rotatable bonds is 13. The van der Waals surface area contributed by atoms with Gasteiger partial charge in [-0.3, -0.25) is 9.36 Å². The first kappa shape index (κ1) is 37.1. The number of carbonyl (C=O) groups excluding carboxylic acids is 1. The van der Waals surface area contributed by atoms with Crippen molar-refractivity contribution in [3.05, 3.63) is 61.2 Å². The van der Waals surface area contributed by atoms with Crippen molar-refractivity contribution in [1.29, 1.82) is 0 Å². The zero-order chi connectivity index (χ0) is 35.3. The number of nitrogens with zero attached hydrogens (tertiary/aromatic N) is 6. The lowest BCUT2D eigenvalue weighted by atomic mass is 10.1. The van der Waals surface area contributed by atoms with Crippen LogP contribution in [-0.2, 0) is 28.5 Å². The number of imidazole rings is 1. The Morgan fingerprint density at radius 2 is 1.84 bits per heavy atom. The fraction of sp³-hybridized carbons (Fsp3) is 0.516. The minimum atomic E-state index is -3.15. The second-order valence-electron chi connectivity index (χ2n) is 12.2. The fourth-order valence-electron chi connectivity index (χ4n) is 5.64. The Hall–Kier alpha value is -3.15. The van der Waals surface area contributed by atoms with E-state index in [4.69, 9.17) is 30.8 Å². The molecule has 2 saturated heterocycles. The lowest BCUT2D eigenvalue weighted by molar-refractivity contribution is -0.0285. The molecule has 2 aliphatic heterocycles. The molecule has 4 heterocycles. The molecule has 0 saturated carbocycles. The molecule has 0 radical (unpaired) electrons. The quantitative estimate of drug-likeness (QED) is 0.0857. The van der Waals surface area contributed by atoms with E-state index in [0.29, 0.717) is 23.3 Å². The van der Waals surface area contributed by atoms with E-state index in [0.717, 1.165) is 0 Å². The van der Waals surface area contributed by atoms with E-state index in [1.54, 1.807) is 46.1 Å². The second kappa shape index (κ2) is 16.2. The van der Waals surface area contributed by atoms with E-state index in [2.05, 4.69) is 64.7 Å². The molecule has 2 aliphatic rings. The molecule has 49 heavy (non-hydrogen) atoms. The van der Waals surface area contributed by atoms with Gasteiger partial charge < -0.3 is 24.2 Å². The molecule has 2 fully saturated rings. The molecule has 266 valence electrons. The Morgan fingerprint density at radius 3 is 2.49 bits per heavy atom. The highest BCUT2D eigenvalue weighted by Gasteiger charge is 2.50. The van der Waals surface area contributed by atoms with Crippen LogP contribution in [0.4, 0.5) is 5.82 Å². The van der Waals surface area contributed by atoms with Gasteiger partial charge in [-0.25, -0.2) is 32.7 Å². The summed E-state index contributed by atoms with van der Waals surface area (Å²) in [4.78, 5) is 28.0. The van der Waals surface area contributed by atoms with Gasteiger partial charge >= 0.3 is 0 Å². The summed E-state index contributed by atoms with van der Waals surface area (Å²) in [6, 6.07) is 8.92. The highest BCUT2D eigenvalue weighted by Crippen LogP contribution is 2.50. The van der Waals surface area contributed by atoms with Crippen molar-refractivity contribution in [1.82, 2.24) is 34.6 Å². The number of aromatic nitrogens is 4. The molecule has 15 nitrogen and oxygen atoms in total. The molecule has 3 aromatic rings. The molecule has 18 heteroatoms. The Morgan fingerprint density at radius 1 is 1.14 bits per heavy atom. The number of amides is 1. The lowest BCUT2D eigenvalue weighted by Gasteiger charge is -2.38. The van der Waals surface area contributed by atoms with Crippen LogP contribution in [0.3, 0.4) is 0 Å². The summed E-state index contributed by atoms with van der Waals surface area (Å²) >= 11 is 5.74. The first-order valence-electron chi connectivity index (χ1n) is 16.0. The molecule has 0 spiro atoms. The number of sulfone groups is 1. The number of thiocarbonyl (C=S) groups is 1. The molecule has 2 aromatic heterocycles. The summed E-state index contributed by atoms with van der Waals surface area (Å²) in [5.74, 6) is -0.162. The van der Waals surface area contributed by atoms with Crippen LogP contribution >= 0.6 is 20.7 Å². The molecule has 1 amide bonds. The number of hydrogen-bond acceptors (Lipinski definition) is 13. The highest BCUT2D eigenvalue weighted by molar-refractivity contribution is 7.91. The van der Waals surface area contributed by atoms with Crippen molar-refractivity contribution >= 4 is 58.6 Å². The van der Waals surface area contributed by atoms with Gasteiger partial charge in [0.05, 0.1) is 23.9 Å². The summed E-state index contributed by atoms with van der Waals surface area (Å²) < 4.78 is 54.0. The number of hydrogen-bond donors (Lipinski definition) is 2. The van der Waals surface area contributed by atoms with Crippen LogP contribution in [0.25, 0.3) is 11.2 Å². The molecule has 0 bridgehead atoms. The Kier molecular flexibility index (Phi) is 12.3. The van der Waals surface area contributed by atoms with Crippen LogP contribution in [0.1, 0.15) is 51.2 Å². The minimum Gasteiger partial charge on any atom is -0.460 e. The monoisotopic (exact) mass is 734 g/mol. The topological polar surface area (TPSA) is 162 Å². The van der Waals surface area contributed by atoms with Gasteiger partial charge in [0.25, 0.3) is 19.6 Å². The Labute approximate surface area is 293 Å². The summed E-state index contributed by atoms with van der Waals surface area (Å²) in [6.07, 6.45) is 1.66. The van der Waals surface area contributed by atoms with Crippen LogP contribution in [0.2, 0.25) is 0 Å². The number of benzene rings is 1.